The highest BCUT2D eigenvalue weighted by molar-refractivity contribution is 5.92. The number of carbonyl (C=O) groups is 1. The Bertz CT molecular complexity index is 865. The molecule has 0 aliphatic heterocycles. The zero-order chi connectivity index (χ0) is 18.4. The topological polar surface area (TPSA) is 71.0 Å². The molecular formula is C20H21N5O. The Labute approximate surface area is 152 Å². The van der Waals surface area contributed by atoms with Crippen LogP contribution in [0.3, 0.4) is 0 Å². The fraction of sp³-hybridized carbons (Fsp3) is 0.200. The molecule has 1 amide bonds. The number of carbonyl (C=O) groups excluding carboxylic acids is 1. The first-order chi connectivity index (χ1) is 12.7. The van der Waals surface area contributed by atoms with Crippen molar-refractivity contribution in [1.29, 1.82) is 0 Å². The van der Waals surface area contributed by atoms with Gasteiger partial charge in [-0.2, -0.15) is 0 Å². The van der Waals surface area contributed by atoms with Crippen LogP contribution in [0, 0.1) is 6.92 Å². The number of nitrogens with one attached hydrogen (secondary N) is 1. The lowest BCUT2D eigenvalue weighted by Crippen LogP contribution is -2.25. The van der Waals surface area contributed by atoms with Crippen LogP contribution in [0.2, 0.25) is 0 Å². The molecule has 132 valence electrons. The number of aryl methyl sites for hydroxylation is 1. The van der Waals surface area contributed by atoms with Crippen molar-refractivity contribution < 1.29 is 4.79 Å². The third-order valence-corrected chi connectivity index (χ3v) is 3.99. The summed E-state index contributed by atoms with van der Waals surface area (Å²) in [6.07, 6.45) is 3.39. The van der Waals surface area contributed by atoms with Gasteiger partial charge in [-0.3, -0.25) is 9.78 Å². The summed E-state index contributed by atoms with van der Waals surface area (Å²) in [7, 11) is 0. The fourth-order valence-corrected chi connectivity index (χ4v) is 2.64. The van der Waals surface area contributed by atoms with Gasteiger partial charge in [-0.25, -0.2) is 0 Å². The van der Waals surface area contributed by atoms with E-state index in [-0.39, 0.29) is 5.91 Å². The van der Waals surface area contributed by atoms with E-state index in [1.54, 1.807) is 18.5 Å². The lowest BCUT2D eigenvalue weighted by Gasteiger charge is -2.22. The van der Waals surface area contributed by atoms with Crippen LogP contribution >= 0.6 is 0 Å². The van der Waals surface area contributed by atoms with Crippen molar-refractivity contribution in [3.8, 4) is 0 Å². The second-order valence-corrected chi connectivity index (χ2v) is 5.90. The van der Waals surface area contributed by atoms with Gasteiger partial charge in [-0.15, -0.1) is 10.2 Å². The maximum absolute atomic E-state index is 12.2. The van der Waals surface area contributed by atoms with Gasteiger partial charge in [0.15, 0.2) is 11.5 Å². The molecule has 1 N–H and O–H groups in total. The maximum Gasteiger partial charge on any atom is 0.272 e. The van der Waals surface area contributed by atoms with Gasteiger partial charge in [0, 0.05) is 31.2 Å². The lowest BCUT2D eigenvalue weighted by atomic mass is 10.2. The molecule has 0 atom stereocenters. The number of rotatable bonds is 6. The first-order valence-corrected chi connectivity index (χ1v) is 8.52. The van der Waals surface area contributed by atoms with E-state index in [4.69, 9.17) is 0 Å². The summed E-state index contributed by atoms with van der Waals surface area (Å²) in [5.41, 5.74) is 3.51. The second-order valence-electron chi connectivity index (χ2n) is 5.90. The van der Waals surface area contributed by atoms with Crippen molar-refractivity contribution in [3.63, 3.8) is 0 Å². The van der Waals surface area contributed by atoms with Crippen LogP contribution in [0.1, 0.15) is 28.5 Å². The Balaban J connectivity index is 1.70. The Hall–Kier alpha value is -3.28. The summed E-state index contributed by atoms with van der Waals surface area (Å²) >= 11 is 0. The SMILES string of the molecule is CCN(c1cccc(C)c1)c1ccc(C(=O)NCc2ccncc2)nn1. The van der Waals surface area contributed by atoms with Crippen LogP contribution in [-0.4, -0.2) is 27.6 Å². The molecule has 0 bridgehead atoms. The van der Waals surface area contributed by atoms with E-state index in [9.17, 15) is 4.79 Å². The van der Waals surface area contributed by atoms with Gasteiger partial charge in [-0.05, 0) is 61.4 Å². The smallest absolute Gasteiger partial charge is 0.272 e. The van der Waals surface area contributed by atoms with Crippen LogP contribution in [-0.2, 0) is 6.54 Å². The van der Waals surface area contributed by atoms with E-state index in [1.165, 1.54) is 5.56 Å². The molecular weight excluding hydrogens is 326 g/mol. The molecule has 2 heterocycles. The zero-order valence-electron chi connectivity index (χ0n) is 14.9. The number of anilines is 2. The highest BCUT2D eigenvalue weighted by atomic mass is 16.1. The summed E-state index contributed by atoms with van der Waals surface area (Å²) in [6, 6.07) is 15.4. The van der Waals surface area contributed by atoms with Gasteiger partial charge in [0.2, 0.25) is 0 Å². The quantitative estimate of drug-likeness (QED) is 0.741. The summed E-state index contributed by atoms with van der Waals surface area (Å²) in [5, 5.41) is 11.2. The Kier molecular flexibility index (Phi) is 5.53. The number of hydrogen-bond acceptors (Lipinski definition) is 5. The van der Waals surface area contributed by atoms with Gasteiger partial charge < -0.3 is 10.2 Å². The van der Waals surface area contributed by atoms with Gasteiger partial charge >= 0.3 is 0 Å². The monoisotopic (exact) mass is 347 g/mol. The number of amides is 1. The highest BCUT2D eigenvalue weighted by Crippen LogP contribution is 2.23. The summed E-state index contributed by atoms with van der Waals surface area (Å²) in [5.74, 6) is 0.461. The van der Waals surface area contributed by atoms with Crippen LogP contribution in [0.4, 0.5) is 11.5 Å². The largest absolute Gasteiger partial charge is 0.347 e. The molecule has 0 unspecified atom stereocenters. The van der Waals surface area contributed by atoms with Crippen molar-refractivity contribution in [2.45, 2.75) is 20.4 Å². The molecule has 1 aromatic carbocycles. The first-order valence-electron chi connectivity index (χ1n) is 8.52. The van der Waals surface area contributed by atoms with Crippen LogP contribution in [0.15, 0.2) is 60.9 Å². The van der Waals surface area contributed by atoms with Gasteiger partial charge in [0.05, 0.1) is 0 Å². The molecule has 0 aliphatic carbocycles. The maximum atomic E-state index is 12.2. The van der Waals surface area contributed by atoms with Crippen LogP contribution in [0.5, 0.6) is 0 Å². The minimum Gasteiger partial charge on any atom is -0.347 e. The minimum absolute atomic E-state index is 0.250. The van der Waals surface area contributed by atoms with E-state index in [0.717, 1.165) is 17.8 Å². The third-order valence-electron chi connectivity index (χ3n) is 3.99. The molecule has 6 heteroatoms. The van der Waals surface area contributed by atoms with E-state index in [1.807, 2.05) is 30.3 Å². The molecule has 0 aliphatic rings. The van der Waals surface area contributed by atoms with Crippen LogP contribution in [0.25, 0.3) is 0 Å². The van der Waals surface area contributed by atoms with Gasteiger partial charge in [0.25, 0.3) is 5.91 Å². The van der Waals surface area contributed by atoms with Crippen molar-refractivity contribution >= 4 is 17.4 Å². The molecule has 3 aromatic rings. The normalized spacial score (nSPS) is 10.4. The standard InChI is InChI=1S/C20H21N5O/c1-3-25(17-6-4-5-15(2)13-17)19-8-7-18(23-24-19)20(26)22-14-16-9-11-21-12-10-16/h4-13H,3,14H2,1-2H3,(H,22,26). The van der Waals surface area contributed by atoms with E-state index in [0.29, 0.717) is 18.1 Å². The lowest BCUT2D eigenvalue weighted by molar-refractivity contribution is 0.0945. The van der Waals surface area contributed by atoms with Gasteiger partial charge in [0.1, 0.15) is 0 Å². The number of hydrogen-bond donors (Lipinski definition) is 1. The average Bonchev–Trinajstić information content (AvgIpc) is 2.68. The predicted octanol–water partition coefficient (Wildman–Crippen LogP) is 3.27. The Morgan fingerprint density at radius 2 is 1.88 bits per heavy atom. The van der Waals surface area contributed by atoms with E-state index in [2.05, 4.69) is 51.4 Å². The number of pyridine rings is 1. The highest BCUT2D eigenvalue weighted by Gasteiger charge is 2.12. The molecule has 6 nitrogen and oxygen atoms in total. The molecule has 0 saturated carbocycles. The van der Waals surface area contributed by atoms with Crippen LogP contribution < -0.4 is 10.2 Å². The minimum atomic E-state index is -0.250. The van der Waals surface area contributed by atoms with Crippen molar-refractivity contribution in [2.24, 2.45) is 0 Å². The summed E-state index contributed by atoms with van der Waals surface area (Å²) in [4.78, 5) is 18.3. The molecule has 0 spiro atoms. The molecule has 0 fully saturated rings. The molecule has 26 heavy (non-hydrogen) atoms. The van der Waals surface area contributed by atoms with E-state index >= 15 is 0 Å². The zero-order valence-corrected chi connectivity index (χ0v) is 14.9. The molecule has 0 saturated heterocycles. The second kappa shape index (κ2) is 8.20. The third kappa shape index (κ3) is 4.22. The molecule has 2 aromatic heterocycles. The molecule has 3 rings (SSSR count). The first kappa shape index (κ1) is 17.5. The number of aromatic nitrogens is 3. The Morgan fingerprint density at radius 3 is 2.54 bits per heavy atom. The predicted molar refractivity (Wildman–Crippen MR) is 101 cm³/mol. The number of nitrogens with zero attached hydrogens (tertiary/aromatic N) is 4. The van der Waals surface area contributed by atoms with Crippen molar-refractivity contribution in [1.82, 2.24) is 20.5 Å². The summed E-state index contributed by atoms with van der Waals surface area (Å²) < 4.78 is 0. The number of benzene rings is 1. The Morgan fingerprint density at radius 1 is 1.08 bits per heavy atom. The average molecular weight is 347 g/mol. The van der Waals surface area contributed by atoms with E-state index < -0.39 is 0 Å². The molecule has 0 radical (unpaired) electrons. The summed E-state index contributed by atoms with van der Waals surface area (Å²) in [6.45, 7) is 5.29. The van der Waals surface area contributed by atoms with Gasteiger partial charge in [-0.1, -0.05) is 12.1 Å². The van der Waals surface area contributed by atoms with Crippen molar-refractivity contribution in [3.05, 3.63) is 77.7 Å². The van der Waals surface area contributed by atoms with Crippen molar-refractivity contribution in [2.75, 3.05) is 11.4 Å². The fourth-order valence-electron chi connectivity index (χ4n) is 2.64.